The van der Waals surface area contributed by atoms with Gasteiger partial charge in [0.2, 0.25) is 0 Å². The Labute approximate surface area is 208 Å². The van der Waals surface area contributed by atoms with Crippen LogP contribution in [0, 0.1) is 13.8 Å². The summed E-state index contributed by atoms with van der Waals surface area (Å²) in [4.78, 5) is 8.56. The molecule has 0 fully saturated rings. The van der Waals surface area contributed by atoms with Crippen molar-refractivity contribution in [3.63, 3.8) is 0 Å². The summed E-state index contributed by atoms with van der Waals surface area (Å²) in [6.45, 7) is 4.57. The lowest BCUT2D eigenvalue weighted by atomic mass is 10.2. The van der Waals surface area contributed by atoms with E-state index in [1.165, 1.54) is 12.1 Å². The van der Waals surface area contributed by atoms with Crippen LogP contribution in [0.5, 0.6) is 5.75 Å². The Balaban J connectivity index is 0.000000275. The lowest BCUT2D eigenvalue weighted by Gasteiger charge is -2.06. The minimum Gasteiger partial charge on any atom is -0.489 e. The van der Waals surface area contributed by atoms with Crippen molar-refractivity contribution >= 4 is 27.2 Å². The van der Waals surface area contributed by atoms with Gasteiger partial charge < -0.3 is 20.2 Å². The highest BCUT2D eigenvalue weighted by atomic mass is 32.2. The summed E-state index contributed by atoms with van der Waals surface area (Å²) in [5.74, 6) is 0.561. The van der Waals surface area contributed by atoms with Gasteiger partial charge in [0.05, 0.1) is 11.2 Å². The highest BCUT2D eigenvalue weighted by Gasteiger charge is 2.09. The SMILES string of the molecule is Cc1ccc(S(=O)(=O)O)cc1.Cc1ncccc1CNc1nc2ccc(OCC(=CF)CN)cc2o1. The van der Waals surface area contributed by atoms with E-state index in [1.54, 1.807) is 36.5 Å². The highest BCUT2D eigenvalue weighted by Crippen LogP contribution is 2.24. The van der Waals surface area contributed by atoms with Crippen molar-refractivity contribution in [2.75, 3.05) is 18.5 Å². The molecular weight excluding hydrogens is 487 g/mol. The van der Waals surface area contributed by atoms with Crippen molar-refractivity contribution in [1.29, 1.82) is 0 Å². The number of pyridine rings is 1. The fraction of sp³-hybridized carbons (Fsp3) is 0.200. The minimum absolute atomic E-state index is 0.0666. The summed E-state index contributed by atoms with van der Waals surface area (Å²) in [5, 5.41) is 3.15. The molecule has 2 heterocycles. The highest BCUT2D eigenvalue weighted by molar-refractivity contribution is 7.85. The quantitative estimate of drug-likeness (QED) is 0.288. The fourth-order valence-electron chi connectivity index (χ4n) is 2.97. The van der Waals surface area contributed by atoms with Gasteiger partial charge in [-0.25, -0.2) is 4.39 Å². The molecule has 0 aliphatic rings. The first-order valence-corrected chi connectivity index (χ1v) is 12.3. The number of benzene rings is 2. The van der Waals surface area contributed by atoms with Gasteiger partial charge in [-0.2, -0.15) is 13.4 Å². The summed E-state index contributed by atoms with van der Waals surface area (Å²) >= 11 is 0. The average Bonchev–Trinajstić information content (AvgIpc) is 3.26. The number of aromatic nitrogens is 2. The minimum atomic E-state index is -4.02. The number of hydrogen-bond donors (Lipinski definition) is 3. The maximum absolute atomic E-state index is 12.5. The van der Waals surface area contributed by atoms with Crippen LogP contribution in [-0.4, -0.2) is 36.1 Å². The van der Waals surface area contributed by atoms with E-state index < -0.39 is 10.1 Å². The fourth-order valence-corrected chi connectivity index (χ4v) is 3.45. The predicted molar refractivity (Wildman–Crippen MR) is 135 cm³/mol. The number of fused-ring (bicyclic) bond motifs is 1. The Kier molecular flexibility index (Phi) is 9.12. The van der Waals surface area contributed by atoms with Crippen molar-refractivity contribution in [2.45, 2.75) is 25.3 Å². The van der Waals surface area contributed by atoms with Gasteiger partial charge in [-0.1, -0.05) is 23.8 Å². The van der Waals surface area contributed by atoms with Crippen LogP contribution >= 0.6 is 0 Å². The van der Waals surface area contributed by atoms with Gasteiger partial charge >= 0.3 is 0 Å². The van der Waals surface area contributed by atoms with Crippen LogP contribution in [0.3, 0.4) is 0 Å². The number of aryl methyl sites for hydroxylation is 2. The molecule has 11 heteroatoms. The number of oxazole rings is 1. The molecule has 0 atom stereocenters. The first kappa shape index (κ1) is 26.8. The van der Waals surface area contributed by atoms with E-state index in [1.807, 2.05) is 26.0 Å². The van der Waals surface area contributed by atoms with Crippen LogP contribution < -0.4 is 15.8 Å². The summed E-state index contributed by atoms with van der Waals surface area (Å²) in [7, 11) is -4.02. The second-order valence-electron chi connectivity index (χ2n) is 7.80. The van der Waals surface area contributed by atoms with Crippen molar-refractivity contribution in [2.24, 2.45) is 5.73 Å². The largest absolute Gasteiger partial charge is 0.489 e. The number of ether oxygens (including phenoxy) is 1. The second kappa shape index (κ2) is 12.2. The Bertz CT molecular complexity index is 1440. The number of nitrogens with one attached hydrogen (secondary N) is 1. The lowest BCUT2D eigenvalue weighted by Crippen LogP contribution is -2.10. The third kappa shape index (κ3) is 7.60. The third-order valence-electron chi connectivity index (χ3n) is 5.07. The molecule has 0 aliphatic heterocycles. The van der Waals surface area contributed by atoms with Gasteiger partial charge in [-0.05, 0) is 49.7 Å². The maximum Gasteiger partial charge on any atom is 0.295 e. The Morgan fingerprint density at radius 1 is 1.19 bits per heavy atom. The monoisotopic (exact) mass is 514 g/mol. The van der Waals surface area contributed by atoms with Crippen LogP contribution in [0.4, 0.5) is 10.4 Å². The smallest absolute Gasteiger partial charge is 0.295 e. The number of rotatable bonds is 8. The Morgan fingerprint density at radius 3 is 2.58 bits per heavy atom. The van der Waals surface area contributed by atoms with E-state index in [0.29, 0.717) is 41.3 Å². The van der Waals surface area contributed by atoms with Crippen LogP contribution in [0.2, 0.25) is 0 Å². The molecule has 4 aromatic rings. The molecule has 0 saturated heterocycles. The predicted octanol–water partition coefficient (Wildman–Crippen LogP) is 4.58. The Hall–Kier alpha value is -3.80. The third-order valence-corrected chi connectivity index (χ3v) is 5.93. The first-order chi connectivity index (χ1) is 17.2. The molecule has 2 aromatic heterocycles. The molecule has 190 valence electrons. The van der Waals surface area contributed by atoms with E-state index in [0.717, 1.165) is 16.8 Å². The summed E-state index contributed by atoms with van der Waals surface area (Å²) < 4.78 is 53.3. The Morgan fingerprint density at radius 2 is 1.94 bits per heavy atom. The zero-order chi connectivity index (χ0) is 26.1. The van der Waals surface area contributed by atoms with Crippen molar-refractivity contribution in [3.05, 3.63) is 89.5 Å². The van der Waals surface area contributed by atoms with Crippen molar-refractivity contribution < 1.29 is 26.5 Å². The van der Waals surface area contributed by atoms with Crippen LogP contribution in [0.25, 0.3) is 11.1 Å². The summed E-state index contributed by atoms with van der Waals surface area (Å²) in [5.41, 5.74) is 10.1. The number of halogens is 1. The van der Waals surface area contributed by atoms with E-state index in [9.17, 15) is 12.8 Å². The molecule has 0 radical (unpaired) electrons. The van der Waals surface area contributed by atoms with Crippen LogP contribution in [0.1, 0.15) is 16.8 Å². The zero-order valence-corrected chi connectivity index (χ0v) is 20.6. The summed E-state index contributed by atoms with van der Waals surface area (Å²) in [6.07, 6.45) is 2.23. The standard InChI is InChI=1S/C18H19FN4O2.C7H8O3S/c1-12-14(3-2-6-21-12)10-22-18-23-16-5-4-15(7-17(16)25-18)24-11-13(8-19)9-20;1-6-2-4-7(5-3-6)11(8,9)10/h2-8H,9-11,20H2,1H3,(H,22,23);2-5H,1H3,(H,8,9,10). The van der Waals surface area contributed by atoms with E-state index in [-0.39, 0.29) is 18.0 Å². The van der Waals surface area contributed by atoms with Crippen molar-refractivity contribution in [3.8, 4) is 5.75 Å². The molecule has 36 heavy (non-hydrogen) atoms. The first-order valence-electron chi connectivity index (χ1n) is 10.9. The van der Waals surface area contributed by atoms with Gasteiger partial charge in [0.1, 0.15) is 17.9 Å². The average molecular weight is 515 g/mol. The molecule has 4 rings (SSSR count). The number of hydrogen-bond acceptors (Lipinski definition) is 8. The molecule has 0 bridgehead atoms. The van der Waals surface area contributed by atoms with Gasteiger partial charge in [-0.15, -0.1) is 0 Å². The molecule has 0 amide bonds. The molecule has 0 spiro atoms. The molecule has 4 N–H and O–H groups in total. The van der Waals surface area contributed by atoms with Gasteiger partial charge in [0, 0.05) is 36.6 Å². The molecule has 0 saturated carbocycles. The van der Waals surface area contributed by atoms with Gasteiger partial charge in [0.15, 0.2) is 5.58 Å². The van der Waals surface area contributed by atoms with E-state index in [2.05, 4.69) is 15.3 Å². The van der Waals surface area contributed by atoms with Gasteiger partial charge in [0.25, 0.3) is 16.1 Å². The zero-order valence-electron chi connectivity index (χ0n) is 19.8. The molecule has 0 unspecified atom stereocenters. The maximum atomic E-state index is 12.5. The number of anilines is 1. The summed E-state index contributed by atoms with van der Waals surface area (Å²) in [6, 6.07) is 15.6. The molecule has 9 nitrogen and oxygen atoms in total. The normalized spacial score (nSPS) is 11.6. The topological polar surface area (TPSA) is 141 Å². The molecule has 2 aromatic carbocycles. The van der Waals surface area contributed by atoms with Crippen LogP contribution in [0.15, 0.2) is 82.0 Å². The lowest BCUT2D eigenvalue weighted by molar-refractivity contribution is 0.347. The number of nitrogens with two attached hydrogens (primary N) is 1. The van der Waals surface area contributed by atoms with E-state index >= 15 is 0 Å². The molecular formula is C25H27FN4O5S. The number of nitrogens with zero attached hydrogens (tertiary/aromatic N) is 2. The van der Waals surface area contributed by atoms with Crippen molar-refractivity contribution in [1.82, 2.24) is 9.97 Å². The van der Waals surface area contributed by atoms with E-state index in [4.69, 9.17) is 19.4 Å². The van der Waals surface area contributed by atoms with Gasteiger partial charge in [-0.3, -0.25) is 9.54 Å². The molecule has 0 aliphatic carbocycles. The van der Waals surface area contributed by atoms with Crippen LogP contribution in [-0.2, 0) is 16.7 Å². The second-order valence-corrected chi connectivity index (χ2v) is 9.22.